The van der Waals surface area contributed by atoms with E-state index in [0.29, 0.717) is 30.1 Å². The molecule has 0 unspecified atom stereocenters. The predicted octanol–water partition coefficient (Wildman–Crippen LogP) is 3.23. The number of pyridine rings is 2. The predicted molar refractivity (Wildman–Crippen MR) is 138 cm³/mol. The molecule has 4 rings (SSSR count). The molecule has 1 aliphatic heterocycles. The lowest BCUT2D eigenvalue weighted by Crippen LogP contribution is -2.49. The number of amides is 1. The normalized spacial score (nSPS) is 18.4. The van der Waals surface area contributed by atoms with Crippen LogP contribution in [0.3, 0.4) is 0 Å². The number of nitrogens with zero attached hydrogens (tertiary/aromatic N) is 4. The molecule has 0 fully saturated rings. The van der Waals surface area contributed by atoms with Gasteiger partial charge in [0.05, 0.1) is 12.6 Å². The molecule has 0 saturated carbocycles. The summed E-state index contributed by atoms with van der Waals surface area (Å²) in [5.41, 5.74) is 2.96. The van der Waals surface area contributed by atoms with E-state index in [1.165, 1.54) is 5.56 Å². The van der Waals surface area contributed by atoms with Crippen LogP contribution in [0.25, 0.3) is 0 Å². The highest BCUT2D eigenvalue weighted by atomic mass is 16.5. The number of aromatic nitrogens is 2. The van der Waals surface area contributed by atoms with Gasteiger partial charge in [0, 0.05) is 55.3 Å². The van der Waals surface area contributed by atoms with Gasteiger partial charge in [0.2, 0.25) is 5.88 Å². The van der Waals surface area contributed by atoms with Crippen LogP contribution >= 0.6 is 0 Å². The summed E-state index contributed by atoms with van der Waals surface area (Å²) >= 11 is 0. The summed E-state index contributed by atoms with van der Waals surface area (Å²) in [6.45, 7) is 5.71. The summed E-state index contributed by atoms with van der Waals surface area (Å²) in [4.78, 5) is 26.1. The maximum absolute atomic E-state index is 13.6. The molecule has 0 spiro atoms. The molecule has 7 heteroatoms. The van der Waals surface area contributed by atoms with E-state index in [-0.39, 0.29) is 30.6 Å². The summed E-state index contributed by atoms with van der Waals surface area (Å²) in [6.07, 6.45) is 4.82. The highest BCUT2D eigenvalue weighted by molar-refractivity contribution is 5.97. The third kappa shape index (κ3) is 6.28. The van der Waals surface area contributed by atoms with Gasteiger partial charge in [-0.05, 0) is 37.7 Å². The van der Waals surface area contributed by atoms with Crippen molar-refractivity contribution in [2.75, 3.05) is 26.7 Å². The Balaban J connectivity index is 1.63. The molecular weight excluding hydrogens is 452 g/mol. The second kappa shape index (κ2) is 11.8. The molecule has 7 nitrogen and oxygen atoms in total. The third-order valence-electron chi connectivity index (χ3n) is 6.32. The fraction of sp³-hybridized carbons (Fsp3) is 0.345. The third-order valence-corrected chi connectivity index (χ3v) is 6.32. The van der Waals surface area contributed by atoms with Crippen LogP contribution in [0, 0.1) is 17.8 Å². The van der Waals surface area contributed by atoms with Gasteiger partial charge in [-0.15, -0.1) is 0 Å². The molecule has 3 aromatic rings. The number of aliphatic hydroxyl groups excluding tert-OH is 1. The van der Waals surface area contributed by atoms with E-state index in [0.717, 1.165) is 12.1 Å². The summed E-state index contributed by atoms with van der Waals surface area (Å²) in [5, 5.41) is 9.86. The van der Waals surface area contributed by atoms with E-state index in [2.05, 4.69) is 52.8 Å². The van der Waals surface area contributed by atoms with Gasteiger partial charge >= 0.3 is 0 Å². The van der Waals surface area contributed by atoms with Gasteiger partial charge in [-0.3, -0.25) is 14.7 Å². The minimum Gasteiger partial charge on any atom is -0.472 e. The van der Waals surface area contributed by atoms with Crippen LogP contribution in [0.15, 0.2) is 67.1 Å². The number of aliphatic hydroxyl groups is 1. The smallest absolute Gasteiger partial charge is 0.259 e. The van der Waals surface area contributed by atoms with Gasteiger partial charge in [-0.25, -0.2) is 4.98 Å². The number of hydrogen-bond acceptors (Lipinski definition) is 6. The Labute approximate surface area is 212 Å². The van der Waals surface area contributed by atoms with E-state index in [1.807, 2.05) is 37.3 Å². The SMILES string of the molecule is C[C@@H]1CN([C@H](C)CO)C(=O)c2cc(C#Cc3cccnc3)cnc2O[C@H]1CN(C)Cc1ccccc1. The minimum atomic E-state index is -0.335. The first-order valence-electron chi connectivity index (χ1n) is 12.2. The van der Waals surface area contributed by atoms with Crippen LogP contribution in [-0.4, -0.2) is 69.7 Å². The van der Waals surface area contributed by atoms with Gasteiger partial charge in [0.15, 0.2) is 0 Å². The maximum atomic E-state index is 13.6. The molecule has 1 aromatic carbocycles. The van der Waals surface area contributed by atoms with Crippen LogP contribution in [0.2, 0.25) is 0 Å². The Kier molecular flexibility index (Phi) is 8.32. The highest BCUT2D eigenvalue weighted by Crippen LogP contribution is 2.27. The zero-order valence-corrected chi connectivity index (χ0v) is 21.0. The molecule has 3 atom stereocenters. The van der Waals surface area contributed by atoms with Crippen molar-refractivity contribution in [1.29, 1.82) is 0 Å². The summed E-state index contributed by atoms with van der Waals surface area (Å²) in [5.74, 6) is 6.24. The van der Waals surface area contributed by atoms with Crippen LogP contribution in [0.5, 0.6) is 5.88 Å². The van der Waals surface area contributed by atoms with Gasteiger partial charge < -0.3 is 14.7 Å². The van der Waals surface area contributed by atoms with Crippen molar-refractivity contribution in [2.45, 2.75) is 32.5 Å². The Morgan fingerprint density at radius 1 is 1.17 bits per heavy atom. The summed E-state index contributed by atoms with van der Waals surface area (Å²) in [7, 11) is 2.06. The zero-order valence-electron chi connectivity index (χ0n) is 21.0. The van der Waals surface area contributed by atoms with Crippen LogP contribution < -0.4 is 4.74 Å². The monoisotopic (exact) mass is 484 g/mol. The Morgan fingerprint density at radius 2 is 1.94 bits per heavy atom. The molecule has 36 heavy (non-hydrogen) atoms. The average molecular weight is 485 g/mol. The van der Waals surface area contributed by atoms with Crippen molar-refractivity contribution in [3.8, 4) is 17.7 Å². The molecule has 2 aromatic heterocycles. The number of likely N-dealkylation sites (N-methyl/N-ethyl adjacent to an activating group) is 1. The van der Waals surface area contributed by atoms with Crippen molar-refractivity contribution < 1.29 is 14.6 Å². The highest BCUT2D eigenvalue weighted by Gasteiger charge is 2.34. The second-order valence-corrected chi connectivity index (χ2v) is 9.37. The largest absolute Gasteiger partial charge is 0.472 e. The lowest BCUT2D eigenvalue weighted by molar-refractivity contribution is 0.0325. The molecule has 1 aliphatic rings. The lowest BCUT2D eigenvalue weighted by atomic mass is 9.99. The number of hydrogen-bond donors (Lipinski definition) is 1. The maximum Gasteiger partial charge on any atom is 0.259 e. The number of benzene rings is 1. The van der Waals surface area contributed by atoms with Crippen LogP contribution in [-0.2, 0) is 6.54 Å². The summed E-state index contributed by atoms with van der Waals surface area (Å²) < 4.78 is 6.39. The molecule has 3 heterocycles. The van der Waals surface area contributed by atoms with Crippen molar-refractivity contribution in [1.82, 2.24) is 19.8 Å². The topological polar surface area (TPSA) is 78.8 Å². The number of carbonyl (C=O) groups is 1. The van der Waals surface area contributed by atoms with E-state index in [4.69, 9.17) is 4.74 Å². The Morgan fingerprint density at radius 3 is 2.67 bits per heavy atom. The quantitative estimate of drug-likeness (QED) is 0.542. The number of fused-ring (bicyclic) bond motifs is 1. The molecule has 0 bridgehead atoms. The Hall–Kier alpha value is -3.73. The molecule has 186 valence electrons. The van der Waals surface area contributed by atoms with Crippen molar-refractivity contribution >= 4 is 5.91 Å². The first-order valence-corrected chi connectivity index (χ1v) is 12.2. The fourth-order valence-corrected chi connectivity index (χ4v) is 4.24. The van der Waals surface area contributed by atoms with E-state index in [9.17, 15) is 9.90 Å². The Bertz CT molecular complexity index is 1220. The molecule has 1 amide bonds. The van der Waals surface area contributed by atoms with Gasteiger partial charge in [-0.1, -0.05) is 49.1 Å². The van der Waals surface area contributed by atoms with E-state index in [1.54, 1.807) is 29.6 Å². The minimum absolute atomic E-state index is 0.0289. The molecular formula is C29H32N4O3. The van der Waals surface area contributed by atoms with E-state index >= 15 is 0 Å². The van der Waals surface area contributed by atoms with E-state index < -0.39 is 0 Å². The summed E-state index contributed by atoms with van der Waals surface area (Å²) in [6, 6.07) is 15.4. The zero-order chi connectivity index (χ0) is 25.5. The lowest BCUT2D eigenvalue weighted by Gasteiger charge is -2.37. The van der Waals surface area contributed by atoms with Crippen LogP contribution in [0.1, 0.15) is 40.9 Å². The second-order valence-electron chi connectivity index (χ2n) is 9.37. The molecule has 0 saturated heterocycles. The van der Waals surface area contributed by atoms with Crippen molar-refractivity contribution in [3.05, 3.63) is 89.4 Å². The molecule has 1 N–H and O–H groups in total. The first kappa shape index (κ1) is 25.4. The van der Waals surface area contributed by atoms with Crippen molar-refractivity contribution in [2.24, 2.45) is 5.92 Å². The standard InChI is InChI=1S/C29H32N4O3/c1-21-17-33(22(2)20-34)29(35)26-14-25(12-11-23-10-7-13-30-15-23)16-31-28(26)36-27(21)19-32(3)18-24-8-5-4-6-9-24/h4-10,13-16,21-22,27,34H,17-20H2,1-3H3/t21-,22-,27+/m1/s1. The van der Waals surface area contributed by atoms with Crippen molar-refractivity contribution in [3.63, 3.8) is 0 Å². The molecule has 0 radical (unpaired) electrons. The number of rotatable bonds is 6. The van der Waals surface area contributed by atoms with Crippen LogP contribution in [0.4, 0.5) is 0 Å². The molecule has 0 aliphatic carbocycles. The number of ether oxygens (including phenoxy) is 1. The van der Waals surface area contributed by atoms with Gasteiger partial charge in [0.1, 0.15) is 11.7 Å². The first-order chi connectivity index (χ1) is 17.4. The van der Waals surface area contributed by atoms with Gasteiger partial charge in [0.25, 0.3) is 5.91 Å². The fourth-order valence-electron chi connectivity index (χ4n) is 4.24. The van der Waals surface area contributed by atoms with Gasteiger partial charge in [-0.2, -0.15) is 0 Å². The number of carbonyl (C=O) groups excluding carboxylic acids is 1. The average Bonchev–Trinajstić information content (AvgIpc) is 2.90.